The fourth-order valence-electron chi connectivity index (χ4n) is 2.27. The Labute approximate surface area is 111 Å². The van der Waals surface area contributed by atoms with E-state index in [1.54, 1.807) is 17.0 Å². The number of likely N-dealkylation sites (tertiary alicyclic amines) is 1. The standard InChI is InChI=1S/C15H14N2O2/c18-14-7-10-17(11-14)15(19)12-3-5-13(6-4-12)16-8-1-2-9-16/h1-6,8-9H,7,10-11H2. The maximum Gasteiger partial charge on any atom is 0.254 e. The summed E-state index contributed by atoms with van der Waals surface area (Å²) in [5, 5.41) is 0. The highest BCUT2D eigenvalue weighted by molar-refractivity contribution is 5.98. The minimum atomic E-state index is -0.0649. The highest BCUT2D eigenvalue weighted by Gasteiger charge is 2.24. The van der Waals surface area contributed by atoms with Gasteiger partial charge in [0.1, 0.15) is 0 Å². The molecule has 0 radical (unpaired) electrons. The molecule has 2 heterocycles. The summed E-state index contributed by atoms with van der Waals surface area (Å²) in [6.45, 7) is 0.787. The summed E-state index contributed by atoms with van der Waals surface area (Å²) < 4.78 is 1.98. The summed E-state index contributed by atoms with van der Waals surface area (Å²) >= 11 is 0. The molecule has 96 valence electrons. The molecule has 0 spiro atoms. The lowest BCUT2D eigenvalue weighted by molar-refractivity contribution is -0.116. The molecular weight excluding hydrogens is 240 g/mol. The maximum atomic E-state index is 12.2. The smallest absolute Gasteiger partial charge is 0.254 e. The lowest BCUT2D eigenvalue weighted by Gasteiger charge is -2.14. The lowest BCUT2D eigenvalue weighted by Crippen LogP contribution is -2.28. The average Bonchev–Trinajstić information content (AvgIpc) is 3.09. The molecule has 1 aromatic heterocycles. The molecule has 0 N–H and O–H groups in total. The zero-order chi connectivity index (χ0) is 13.2. The topological polar surface area (TPSA) is 42.3 Å². The minimum Gasteiger partial charge on any atom is -0.331 e. The van der Waals surface area contributed by atoms with Gasteiger partial charge in [-0.05, 0) is 36.4 Å². The number of hydrogen-bond acceptors (Lipinski definition) is 2. The van der Waals surface area contributed by atoms with Gasteiger partial charge in [-0.3, -0.25) is 9.59 Å². The zero-order valence-corrected chi connectivity index (χ0v) is 10.5. The van der Waals surface area contributed by atoms with Crippen molar-refractivity contribution in [2.24, 2.45) is 0 Å². The number of carbonyl (C=O) groups excluding carboxylic acids is 2. The van der Waals surface area contributed by atoms with Crippen molar-refractivity contribution in [3.8, 4) is 5.69 Å². The Morgan fingerprint density at radius 2 is 1.74 bits per heavy atom. The summed E-state index contributed by atoms with van der Waals surface area (Å²) in [5.74, 6) is 0.0715. The molecule has 0 atom stereocenters. The monoisotopic (exact) mass is 254 g/mol. The Morgan fingerprint density at radius 3 is 2.32 bits per heavy atom. The largest absolute Gasteiger partial charge is 0.331 e. The predicted molar refractivity (Wildman–Crippen MR) is 71.3 cm³/mol. The first-order valence-electron chi connectivity index (χ1n) is 6.28. The number of amides is 1. The number of hydrogen-bond donors (Lipinski definition) is 0. The summed E-state index contributed by atoms with van der Waals surface area (Å²) in [6.07, 6.45) is 4.39. The van der Waals surface area contributed by atoms with Gasteiger partial charge in [0.15, 0.2) is 5.78 Å². The van der Waals surface area contributed by atoms with Gasteiger partial charge in [-0.25, -0.2) is 0 Å². The summed E-state index contributed by atoms with van der Waals surface area (Å²) in [6, 6.07) is 11.3. The van der Waals surface area contributed by atoms with Crippen LogP contribution in [0.5, 0.6) is 0 Å². The second-order valence-corrected chi connectivity index (χ2v) is 4.65. The van der Waals surface area contributed by atoms with Crippen molar-refractivity contribution < 1.29 is 9.59 Å². The number of carbonyl (C=O) groups is 2. The Kier molecular flexibility index (Phi) is 2.91. The molecule has 0 bridgehead atoms. The van der Waals surface area contributed by atoms with E-state index in [0.29, 0.717) is 18.5 Å². The SMILES string of the molecule is O=C1CCN(C(=O)c2ccc(-n3cccc3)cc2)C1. The molecule has 0 saturated carbocycles. The minimum absolute atomic E-state index is 0.0649. The van der Waals surface area contributed by atoms with Gasteiger partial charge in [0.2, 0.25) is 0 Å². The second kappa shape index (κ2) is 4.72. The van der Waals surface area contributed by atoms with Crippen LogP contribution in [0.3, 0.4) is 0 Å². The average molecular weight is 254 g/mol. The van der Waals surface area contributed by atoms with Gasteiger partial charge >= 0.3 is 0 Å². The van der Waals surface area contributed by atoms with Crippen LogP contribution in [0.1, 0.15) is 16.8 Å². The fourth-order valence-corrected chi connectivity index (χ4v) is 2.27. The van der Waals surface area contributed by atoms with Crippen molar-refractivity contribution in [2.45, 2.75) is 6.42 Å². The third-order valence-corrected chi connectivity index (χ3v) is 3.33. The van der Waals surface area contributed by atoms with Crippen LogP contribution in [0.2, 0.25) is 0 Å². The molecule has 2 aromatic rings. The van der Waals surface area contributed by atoms with Crippen LogP contribution in [-0.4, -0.2) is 34.2 Å². The molecule has 1 fully saturated rings. The second-order valence-electron chi connectivity index (χ2n) is 4.65. The van der Waals surface area contributed by atoms with Gasteiger partial charge in [0.05, 0.1) is 6.54 Å². The van der Waals surface area contributed by atoms with Crippen molar-refractivity contribution in [3.05, 3.63) is 54.4 Å². The first kappa shape index (κ1) is 11.7. The van der Waals surface area contributed by atoms with Crippen molar-refractivity contribution in [3.63, 3.8) is 0 Å². The van der Waals surface area contributed by atoms with Gasteiger partial charge in [0, 0.05) is 36.6 Å². The Bertz CT molecular complexity index is 600. The van der Waals surface area contributed by atoms with E-state index in [-0.39, 0.29) is 18.2 Å². The van der Waals surface area contributed by atoms with E-state index in [4.69, 9.17) is 0 Å². The van der Waals surface area contributed by atoms with Gasteiger partial charge < -0.3 is 9.47 Å². The van der Waals surface area contributed by atoms with E-state index in [1.165, 1.54) is 0 Å². The van der Waals surface area contributed by atoms with Crippen LogP contribution in [0, 0.1) is 0 Å². The molecule has 19 heavy (non-hydrogen) atoms. The van der Waals surface area contributed by atoms with Crippen LogP contribution >= 0.6 is 0 Å². The van der Waals surface area contributed by atoms with Gasteiger partial charge in [0.25, 0.3) is 5.91 Å². The van der Waals surface area contributed by atoms with Crippen molar-refractivity contribution in [1.82, 2.24) is 9.47 Å². The summed E-state index contributed by atoms with van der Waals surface area (Å²) in [5.41, 5.74) is 1.64. The van der Waals surface area contributed by atoms with E-state index in [9.17, 15) is 9.59 Å². The molecule has 1 aliphatic heterocycles. The zero-order valence-electron chi connectivity index (χ0n) is 10.5. The number of aromatic nitrogens is 1. The molecule has 4 nitrogen and oxygen atoms in total. The van der Waals surface area contributed by atoms with Gasteiger partial charge in [-0.2, -0.15) is 0 Å². The number of ketones is 1. The molecule has 0 unspecified atom stereocenters. The van der Waals surface area contributed by atoms with Crippen LogP contribution in [0.25, 0.3) is 5.69 Å². The molecule has 1 aromatic carbocycles. The molecule has 3 rings (SSSR count). The lowest BCUT2D eigenvalue weighted by atomic mass is 10.2. The Hall–Kier alpha value is -2.36. The fraction of sp³-hybridized carbons (Fsp3) is 0.200. The van der Waals surface area contributed by atoms with E-state index >= 15 is 0 Å². The first-order chi connectivity index (χ1) is 9.24. The molecule has 4 heteroatoms. The Balaban J connectivity index is 1.79. The molecule has 0 aliphatic carbocycles. The van der Waals surface area contributed by atoms with Crippen LogP contribution in [-0.2, 0) is 4.79 Å². The van der Waals surface area contributed by atoms with Crippen LogP contribution < -0.4 is 0 Å². The third-order valence-electron chi connectivity index (χ3n) is 3.33. The van der Waals surface area contributed by atoms with Crippen LogP contribution in [0.4, 0.5) is 0 Å². The maximum absolute atomic E-state index is 12.2. The van der Waals surface area contributed by atoms with E-state index in [1.807, 2.05) is 41.2 Å². The molecular formula is C15H14N2O2. The summed E-state index contributed by atoms with van der Waals surface area (Å²) in [4.78, 5) is 25.0. The Morgan fingerprint density at radius 1 is 1.05 bits per heavy atom. The van der Waals surface area contributed by atoms with Crippen LogP contribution in [0.15, 0.2) is 48.8 Å². The number of Topliss-reactive ketones (excluding diaryl/α,β-unsaturated/α-hetero) is 1. The number of benzene rings is 1. The van der Waals surface area contributed by atoms with E-state index in [2.05, 4.69) is 0 Å². The number of nitrogens with zero attached hydrogens (tertiary/aromatic N) is 2. The van der Waals surface area contributed by atoms with Crippen molar-refractivity contribution in [1.29, 1.82) is 0 Å². The number of rotatable bonds is 2. The molecule has 1 saturated heterocycles. The normalized spacial score (nSPS) is 14.9. The third kappa shape index (κ3) is 2.29. The highest BCUT2D eigenvalue weighted by Crippen LogP contribution is 2.14. The van der Waals surface area contributed by atoms with Gasteiger partial charge in [-0.15, -0.1) is 0 Å². The quantitative estimate of drug-likeness (QED) is 0.821. The molecule has 1 aliphatic rings. The van der Waals surface area contributed by atoms with Gasteiger partial charge in [-0.1, -0.05) is 0 Å². The summed E-state index contributed by atoms with van der Waals surface area (Å²) in [7, 11) is 0. The predicted octanol–water partition coefficient (Wildman–Crippen LogP) is 1.89. The van der Waals surface area contributed by atoms with Crippen molar-refractivity contribution >= 4 is 11.7 Å². The highest BCUT2D eigenvalue weighted by atomic mass is 16.2. The van der Waals surface area contributed by atoms with E-state index in [0.717, 1.165) is 5.69 Å². The van der Waals surface area contributed by atoms with E-state index < -0.39 is 0 Å². The van der Waals surface area contributed by atoms with Crippen molar-refractivity contribution in [2.75, 3.05) is 13.1 Å². The molecule has 1 amide bonds. The first-order valence-corrected chi connectivity index (χ1v) is 6.28.